The Morgan fingerprint density at radius 1 is 1.10 bits per heavy atom. The van der Waals surface area contributed by atoms with Crippen LogP contribution < -0.4 is 10.1 Å². The van der Waals surface area contributed by atoms with Gasteiger partial charge in [0.1, 0.15) is 12.4 Å². The van der Waals surface area contributed by atoms with E-state index in [0.29, 0.717) is 34.2 Å². The summed E-state index contributed by atoms with van der Waals surface area (Å²) in [6.45, 7) is 3.44. The Morgan fingerprint density at radius 2 is 1.90 bits per heavy atom. The Labute approximate surface area is 181 Å². The summed E-state index contributed by atoms with van der Waals surface area (Å²) in [5.41, 5.74) is 1.31. The van der Waals surface area contributed by atoms with Crippen molar-refractivity contribution in [2.45, 2.75) is 24.2 Å². The molecule has 30 heavy (non-hydrogen) atoms. The van der Waals surface area contributed by atoms with Crippen LogP contribution in [-0.4, -0.2) is 45.5 Å². The van der Waals surface area contributed by atoms with E-state index in [9.17, 15) is 13.2 Å². The normalized spacial score (nSPS) is 17.5. The highest BCUT2D eigenvalue weighted by Crippen LogP contribution is 2.30. The molecule has 2 aliphatic heterocycles. The molecule has 6 nitrogen and oxygen atoms in total. The van der Waals surface area contributed by atoms with Gasteiger partial charge in [-0.3, -0.25) is 9.69 Å². The van der Waals surface area contributed by atoms with Gasteiger partial charge in [-0.25, -0.2) is 8.42 Å². The number of rotatable bonds is 6. The first-order valence-electron chi connectivity index (χ1n) is 9.96. The third kappa shape index (κ3) is 4.69. The minimum absolute atomic E-state index is 0.185. The van der Waals surface area contributed by atoms with Crippen LogP contribution in [0.25, 0.3) is 6.08 Å². The van der Waals surface area contributed by atoms with E-state index in [-0.39, 0.29) is 4.90 Å². The Kier molecular flexibility index (Phi) is 6.13. The second-order valence-corrected chi connectivity index (χ2v) is 9.68. The van der Waals surface area contributed by atoms with Gasteiger partial charge in [-0.15, -0.1) is 0 Å². The van der Waals surface area contributed by atoms with Gasteiger partial charge in [0.25, 0.3) is 5.91 Å². The molecular weight excluding hydrogens is 424 g/mol. The maximum Gasteiger partial charge on any atom is 0.259 e. The molecule has 0 atom stereocenters. The quantitative estimate of drug-likeness (QED) is 0.719. The largest absolute Gasteiger partial charge is 0.491 e. The summed E-state index contributed by atoms with van der Waals surface area (Å²) in [6, 6.07) is 9.72. The van der Waals surface area contributed by atoms with Crippen molar-refractivity contribution in [3.63, 3.8) is 0 Å². The molecule has 0 aromatic heterocycles. The number of nitrogens with zero attached hydrogens (tertiary/aromatic N) is 1. The van der Waals surface area contributed by atoms with E-state index in [0.717, 1.165) is 25.0 Å². The maximum atomic E-state index is 12.9. The molecule has 0 unspecified atom stereocenters. The van der Waals surface area contributed by atoms with Gasteiger partial charge in [-0.05, 0) is 67.9 Å². The number of hydrogen-bond donors (Lipinski definition) is 1. The maximum absolute atomic E-state index is 12.9. The van der Waals surface area contributed by atoms with Gasteiger partial charge in [0.15, 0.2) is 0 Å². The molecule has 8 heteroatoms. The molecule has 2 aromatic rings. The first kappa shape index (κ1) is 20.9. The smallest absolute Gasteiger partial charge is 0.259 e. The number of piperidine rings is 1. The molecule has 0 saturated carbocycles. The molecule has 2 aromatic carbocycles. The van der Waals surface area contributed by atoms with Gasteiger partial charge in [-0.2, -0.15) is 0 Å². The van der Waals surface area contributed by atoms with Gasteiger partial charge in [0, 0.05) is 22.7 Å². The van der Waals surface area contributed by atoms with E-state index >= 15 is 0 Å². The Hall–Kier alpha value is -2.35. The number of benzene rings is 2. The fraction of sp³-hybridized carbons (Fsp3) is 0.318. The van der Waals surface area contributed by atoms with Crippen LogP contribution in [0.4, 0.5) is 5.69 Å². The van der Waals surface area contributed by atoms with Crippen molar-refractivity contribution in [2.75, 3.05) is 31.6 Å². The molecule has 158 valence electrons. The van der Waals surface area contributed by atoms with E-state index in [4.69, 9.17) is 16.3 Å². The molecule has 2 aliphatic rings. The molecule has 1 saturated heterocycles. The lowest BCUT2D eigenvalue weighted by molar-refractivity contribution is 0.102. The second-order valence-electron chi connectivity index (χ2n) is 7.45. The van der Waals surface area contributed by atoms with Crippen molar-refractivity contribution < 1.29 is 17.9 Å². The Balaban J connectivity index is 1.46. The zero-order valence-electron chi connectivity index (χ0n) is 16.4. The summed E-state index contributed by atoms with van der Waals surface area (Å²) in [7, 11) is -3.45. The number of nitrogens with one attached hydrogen (secondary N) is 1. The van der Waals surface area contributed by atoms with E-state index in [2.05, 4.69) is 10.2 Å². The lowest BCUT2D eigenvalue weighted by Gasteiger charge is -2.26. The molecule has 1 fully saturated rings. The number of carbonyl (C=O) groups is 1. The highest BCUT2D eigenvalue weighted by atomic mass is 35.5. The zero-order chi connectivity index (χ0) is 21.1. The summed E-state index contributed by atoms with van der Waals surface area (Å²) in [4.78, 5) is 15.4. The molecule has 0 aliphatic carbocycles. The number of likely N-dealkylation sites (tertiary alicyclic amines) is 1. The van der Waals surface area contributed by atoms with Crippen molar-refractivity contribution in [1.29, 1.82) is 0 Å². The average Bonchev–Trinajstić information content (AvgIpc) is 3.04. The van der Waals surface area contributed by atoms with Gasteiger partial charge >= 0.3 is 0 Å². The zero-order valence-corrected chi connectivity index (χ0v) is 18.0. The van der Waals surface area contributed by atoms with Crippen molar-refractivity contribution >= 4 is 39.1 Å². The van der Waals surface area contributed by atoms with Gasteiger partial charge in [0.2, 0.25) is 9.84 Å². The van der Waals surface area contributed by atoms with Crippen molar-refractivity contribution in [3.8, 4) is 5.75 Å². The highest BCUT2D eigenvalue weighted by Gasteiger charge is 2.22. The topological polar surface area (TPSA) is 75.7 Å². The van der Waals surface area contributed by atoms with Crippen molar-refractivity contribution in [1.82, 2.24) is 4.90 Å². The molecule has 1 amide bonds. The molecule has 4 rings (SSSR count). The SMILES string of the molecule is O=C(Nc1ccc2c(c1)S(=O)(=O)C=C2)c1cc(Cl)ccc1OCCN1CCCCC1. The van der Waals surface area contributed by atoms with E-state index in [1.165, 1.54) is 25.3 Å². The predicted octanol–water partition coefficient (Wildman–Crippen LogP) is 4.22. The molecular formula is C22H23ClN2O4S. The van der Waals surface area contributed by atoms with Crippen LogP contribution in [0, 0.1) is 0 Å². The van der Waals surface area contributed by atoms with E-state index in [1.54, 1.807) is 36.4 Å². The fourth-order valence-corrected chi connectivity index (χ4v) is 5.10. The van der Waals surface area contributed by atoms with Crippen LogP contribution in [-0.2, 0) is 9.84 Å². The van der Waals surface area contributed by atoms with Gasteiger partial charge in [0.05, 0.1) is 10.5 Å². The number of ether oxygens (including phenoxy) is 1. The Bertz CT molecular complexity index is 1090. The second kappa shape index (κ2) is 8.79. The summed E-state index contributed by atoms with van der Waals surface area (Å²) in [6.07, 6.45) is 5.24. The standard InChI is InChI=1S/C22H23ClN2O4S/c23-17-5-7-20(29-12-11-25-9-2-1-3-10-25)19(14-17)22(26)24-18-6-4-16-8-13-30(27,28)21(16)15-18/h4-8,13-15H,1-3,9-12H2,(H,24,26). The molecule has 0 spiro atoms. The monoisotopic (exact) mass is 446 g/mol. The summed E-state index contributed by atoms with van der Waals surface area (Å²) in [5.74, 6) is 0.0399. The summed E-state index contributed by atoms with van der Waals surface area (Å²) < 4.78 is 30.0. The molecule has 2 heterocycles. The van der Waals surface area contributed by atoms with Crippen molar-refractivity contribution in [2.24, 2.45) is 0 Å². The first-order valence-corrected chi connectivity index (χ1v) is 11.9. The average molecular weight is 447 g/mol. The van der Waals surface area contributed by atoms with Gasteiger partial charge in [-0.1, -0.05) is 24.1 Å². The Morgan fingerprint density at radius 3 is 2.70 bits per heavy atom. The minimum Gasteiger partial charge on any atom is -0.491 e. The number of amides is 1. The van der Waals surface area contributed by atoms with Crippen LogP contribution in [0.2, 0.25) is 5.02 Å². The van der Waals surface area contributed by atoms with Crippen LogP contribution in [0.1, 0.15) is 35.2 Å². The predicted molar refractivity (Wildman–Crippen MR) is 118 cm³/mol. The number of halogens is 1. The van der Waals surface area contributed by atoms with Crippen molar-refractivity contribution in [3.05, 3.63) is 58.0 Å². The number of anilines is 1. The third-order valence-electron chi connectivity index (χ3n) is 5.30. The van der Waals surface area contributed by atoms with Crippen LogP contribution in [0.15, 0.2) is 46.7 Å². The van der Waals surface area contributed by atoms with E-state index in [1.807, 2.05) is 0 Å². The third-order valence-corrected chi connectivity index (χ3v) is 7.00. The fourth-order valence-electron chi connectivity index (χ4n) is 3.70. The summed E-state index contributed by atoms with van der Waals surface area (Å²) >= 11 is 6.10. The minimum atomic E-state index is -3.45. The number of carbonyl (C=O) groups excluding carboxylic acids is 1. The highest BCUT2D eigenvalue weighted by molar-refractivity contribution is 7.94. The van der Waals surface area contributed by atoms with Crippen LogP contribution in [0.3, 0.4) is 0 Å². The number of sulfone groups is 1. The number of hydrogen-bond acceptors (Lipinski definition) is 5. The number of fused-ring (bicyclic) bond motifs is 1. The first-order chi connectivity index (χ1) is 14.4. The van der Waals surface area contributed by atoms with Crippen LogP contribution >= 0.6 is 11.6 Å². The lowest BCUT2D eigenvalue weighted by Crippen LogP contribution is -2.33. The van der Waals surface area contributed by atoms with Crippen LogP contribution in [0.5, 0.6) is 5.75 Å². The summed E-state index contributed by atoms with van der Waals surface area (Å²) in [5, 5.41) is 4.33. The molecule has 1 N–H and O–H groups in total. The lowest BCUT2D eigenvalue weighted by atomic mass is 10.1. The van der Waals surface area contributed by atoms with Gasteiger partial charge < -0.3 is 10.1 Å². The molecule has 0 radical (unpaired) electrons. The molecule has 0 bridgehead atoms. The van der Waals surface area contributed by atoms with E-state index < -0.39 is 15.7 Å².